The largest absolute Gasteiger partial charge is 0.480 e. The van der Waals surface area contributed by atoms with Gasteiger partial charge in [0.1, 0.15) is 6.54 Å². The van der Waals surface area contributed by atoms with E-state index in [4.69, 9.17) is 5.11 Å². The highest BCUT2D eigenvalue weighted by atomic mass is 32.2. The van der Waals surface area contributed by atoms with E-state index in [-0.39, 0.29) is 4.90 Å². The van der Waals surface area contributed by atoms with Crippen molar-refractivity contribution in [2.45, 2.75) is 4.90 Å². The molecule has 2 aromatic rings. The van der Waals surface area contributed by atoms with Gasteiger partial charge in [0, 0.05) is 0 Å². The van der Waals surface area contributed by atoms with Gasteiger partial charge in [-0.2, -0.15) is 4.72 Å². The highest BCUT2D eigenvalue weighted by Crippen LogP contribution is 2.18. The maximum absolute atomic E-state index is 11.8. The lowest BCUT2D eigenvalue weighted by molar-refractivity contribution is -0.135. The summed E-state index contributed by atoms with van der Waals surface area (Å²) >= 11 is 0. The Hall–Kier alpha value is -1.92. The van der Waals surface area contributed by atoms with E-state index >= 15 is 0 Å². The predicted molar refractivity (Wildman–Crippen MR) is 66.8 cm³/mol. The number of aliphatic carboxylic acids is 1. The van der Waals surface area contributed by atoms with E-state index in [2.05, 4.69) is 0 Å². The maximum Gasteiger partial charge on any atom is 0.318 e. The molecule has 2 N–H and O–H groups in total. The first-order valence-corrected chi connectivity index (χ1v) is 6.67. The summed E-state index contributed by atoms with van der Waals surface area (Å²) < 4.78 is 25.6. The summed E-state index contributed by atoms with van der Waals surface area (Å²) in [6.07, 6.45) is 0. The molecule has 6 heteroatoms. The van der Waals surface area contributed by atoms with Crippen LogP contribution in [0.3, 0.4) is 0 Å². The molecule has 5 nitrogen and oxygen atoms in total. The molecule has 0 fully saturated rings. The normalized spacial score (nSPS) is 11.6. The maximum atomic E-state index is 11.8. The summed E-state index contributed by atoms with van der Waals surface area (Å²) in [6, 6.07) is 12.0. The number of benzene rings is 2. The lowest BCUT2D eigenvalue weighted by atomic mass is 10.1. The number of carbonyl (C=O) groups is 1. The molecule has 0 aliphatic rings. The third-order valence-corrected chi connectivity index (χ3v) is 3.84. The van der Waals surface area contributed by atoms with Gasteiger partial charge in [0.25, 0.3) is 0 Å². The Bertz CT molecular complexity index is 694. The summed E-state index contributed by atoms with van der Waals surface area (Å²) in [4.78, 5) is 10.4. The van der Waals surface area contributed by atoms with Gasteiger partial charge in [-0.1, -0.05) is 30.3 Å². The van der Waals surface area contributed by atoms with Gasteiger partial charge in [-0.15, -0.1) is 0 Å². The summed E-state index contributed by atoms with van der Waals surface area (Å²) in [5.41, 5.74) is 0. The Labute approximate surface area is 104 Å². The second-order valence-corrected chi connectivity index (χ2v) is 5.49. The monoisotopic (exact) mass is 265 g/mol. The topological polar surface area (TPSA) is 83.5 Å². The molecule has 0 saturated heterocycles. The van der Waals surface area contributed by atoms with Crippen molar-refractivity contribution in [1.29, 1.82) is 0 Å². The van der Waals surface area contributed by atoms with Crippen molar-refractivity contribution in [3.8, 4) is 0 Å². The number of hydrogen-bond donors (Lipinski definition) is 2. The fourth-order valence-corrected chi connectivity index (χ4v) is 2.58. The van der Waals surface area contributed by atoms with Crippen LogP contribution in [0.1, 0.15) is 0 Å². The van der Waals surface area contributed by atoms with Crippen molar-refractivity contribution in [1.82, 2.24) is 4.72 Å². The first kappa shape index (κ1) is 12.5. The number of rotatable bonds is 4. The molecule has 0 bridgehead atoms. The van der Waals surface area contributed by atoms with Crippen molar-refractivity contribution < 1.29 is 18.3 Å². The molecule has 18 heavy (non-hydrogen) atoms. The number of hydrogen-bond acceptors (Lipinski definition) is 3. The number of carboxylic acids is 1. The summed E-state index contributed by atoms with van der Waals surface area (Å²) in [5.74, 6) is -1.22. The second kappa shape index (κ2) is 4.75. The van der Waals surface area contributed by atoms with Gasteiger partial charge in [0.05, 0.1) is 4.90 Å². The molecule has 0 heterocycles. The molecule has 0 aliphatic carbocycles. The number of fused-ring (bicyclic) bond motifs is 1. The fraction of sp³-hybridized carbons (Fsp3) is 0.0833. The van der Waals surface area contributed by atoms with Crippen molar-refractivity contribution in [2.24, 2.45) is 0 Å². The standard InChI is InChI=1S/C12H11NO4S/c14-12(15)8-13-18(16,17)11-6-5-9-3-1-2-4-10(9)7-11/h1-7,13H,8H2,(H,14,15). The fourth-order valence-electron chi connectivity index (χ4n) is 1.57. The van der Waals surface area contributed by atoms with E-state index in [1.807, 2.05) is 22.9 Å². The molecule has 0 amide bonds. The molecule has 0 atom stereocenters. The van der Waals surface area contributed by atoms with Gasteiger partial charge in [-0.3, -0.25) is 4.79 Å². The van der Waals surface area contributed by atoms with Crippen LogP contribution >= 0.6 is 0 Å². The first-order chi connectivity index (χ1) is 8.49. The smallest absolute Gasteiger partial charge is 0.318 e. The second-order valence-electron chi connectivity index (χ2n) is 3.73. The molecule has 0 spiro atoms. The molecule has 94 valence electrons. The van der Waals surface area contributed by atoms with Crippen LogP contribution in [0.5, 0.6) is 0 Å². The van der Waals surface area contributed by atoms with Crippen LogP contribution < -0.4 is 4.72 Å². The van der Waals surface area contributed by atoms with Crippen LogP contribution in [0.15, 0.2) is 47.4 Å². The Morgan fingerprint density at radius 1 is 1.11 bits per heavy atom. The Morgan fingerprint density at radius 2 is 1.78 bits per heavy atom. The van der Waals surface area contributed by atoms with Crippen molar-refractivity contribution in [2.75, 3.05) is 6.54 Å². The number of nitrogens with one attached hydrogen (secondary N) is 1. The molecule has 2 aromatic carbocycles. The lowest BCUT2D eigenvalue weighted by Crippen LogP contribution is -2.29. The van der Waals surface area contributed by atoms with E-state index < -0.39 is 22.5 Å². The van der Waals surface area contributed by atoms with Gasteiger partial charge in [0.15, 0.2) is 0 Å². The van der Waals surface area contributed by atoms with Crippen LogP contribution in [0.25, 0.3) is 10.8 Å². The van der Waals surface area contributed by atoms with E-state index in [1.165, 1.54) is 12.1 Å². The van der Waals surface area contributed by atoms with Gasteiger partial charge in [-0.05, 0) is 22.9 Å². The van der Waals surface area contributed by atoms with Crippen LogP contribution in [0, 0.1) is 0 Å². The van der Waals surface area contributed by atoms with Gasteiger partial charge >= 0.3 is 5.97 Å². The zero-order valence-electron chi connectivity index (χ0n) is 9.33. The summed E-state index contributed by atoms with van der Waals surface area (Å²) in [5, 5.41) is 10.2. The van der Waals surface area contributed by atoms with Gasteiger partial charge in [0.2, 0.25) is 10.0 Å². The molecule has 2 rings (SSSR count). The average molecular weight is 265 g/mol. The molecule has 0 aromatic heterocycles. The third kappa shape index (κ3) is 2.66. The highest BCUT2D eigenvalue weighted by molar-refractivity contribution is 7.89. The van der Waals surface area contributed by atoms with Crippen LogP contribution in [0.2, 0.25) is 0 Å². The molecule has 0 aliphatic heterocycles. The Kier molecular flexibility index (Phi) is 3.31. The average Bonchev–Trinajstić information content (AvgIpc) is 2.36. The number of carboxylic acid groups (broad SMARTS) is 1. The summed E-state index contributed by atoms with van der Waals surface area (Å²) in [7, 11) is -3.78. The van der Waals surface area contributed by atoms with Gasteiger partial charge in [-0.25, -0.2) is 8.42 Å². The SMILES string of the molecule is O=C(O)CNS(=O)(=O)c1ccc2ccccc2c1. The minimum absolute atomic E-state index is 0.0578. The third-order valence-electron chi connectivity index (χ3n) is 2.44. The van der Waals surface area contributed by atoms with Crippen molar-refractivity contribution in [3.63, 3.8) is 0 Å². The van der Waals surface area contributed by atoms with E-state index in [0.717, 1.165) is 10.8 Å². The number of sulfonamides is 1. The minimum Gasteiger partial charge on any atom is -0.480 e. The van der Waals surface area contributed by atoms with Crippen LogP contribution in [0.4, 0.5) is 0 Å². The van der Waals surface area contributed by atoms with Crippen molar-refractivity contribution in [3.05, 3.63) is 42.5 Å². The minimum atomic E-state index is -3.78. The molecule has 0 unspecified atom stereocenters. The highest BCUT2D eigenvalue weighted by Gasteiger charge is 2.15. The van der Waals surface area contributed by atoms with Crippen LogP contribution in [-0.2, 0) is 14.8 Å². The Morgan fingerprint density at radius 3 is 2.44 bits per heavy atom. The molecule has 0 saturated carbocycles. The zero-order chi connectivity index (χ0) is 13.2. The van der Waals surface area contributed by atoms with E-state index in [1.54, 1.807) is 12.1 Å². The molecular weight excluding hydrogens is 254 g/mol. The first-order valence-electron chi connectivity index (χ1n) is 5.19. The molecule has 0 radical (unpaired) electrons. The van der Waals surface area contributed by atoms with Crippen LogP contribution in [-0.4, -0.2) is 26.0 Å². The van der Waals surface area contributed by atoms with E-state index in [9.17, 15) is 13.2 Å². The summed E-state index contributed by atoms with van der Waals surface area (Å²) in [6.45, 7) is -0.630. The predicted octanol–water partition coefficient (Wildman–Crippen LogP) is 1.20. The zero-order valence-corrected chi connectivity index (χ0v) is 10.1. The van der Waals surface area contributed by atoms with E-state index in [0.29, 0.717) is 0 Å². The quantitative estimate of drug-likeness (QED) is 0.870. The van der Waals surface area contributed by atoms with Gasteiger partial charge < -0.3 is 5.11 Å². The van der Waals surface area contributed by atoms with Crippen molar-refractivity contribution >= 4 is 26.8 Å². The Balaban J connectivity index is 2.38. The molecular formula is C12H11NO4S. The lowest BCUT2D eigenvalue weighted by Gasteiger charge is -2.05.